The largest absolute Gasteiger partial charge is 0.312 e. The van der Waals surface area contributed by atoms with Gasteiger partial charge in [0.05, 0.1) is 0 Å². The molecule has 0 heterocycles. The van der Waals surface area contributed by atoms with Crippen LogP contribution in [0.1, 0.15) is 46.6 Å². The molecule has 19 heavy (non-hydrogen) atoms. The molecule has 0 saturated heterocycles. The average molecular weight is 330 g/mol. The van der Waals surface area contributed by atoms with Crippen LogP contribution in [0.15, 0.2) is 22.7 Å². The molecular formula is C16H25BrFN. The Kier molecular flexibility index (Phi) is 5.57. The van der Waals surface area contributed by atoms with E-state index >= 15 is 0 Å². The second kappa shape index (κ2) is 6.36. The summed E-state index contributed by atoms with van der Waals surface area (Å²) in [5.74, 6) is -0.119. The normalized spacial score (nSPS) is 12.8. The van der Waals surface area contributed by atoms with Crippen molar-refractivity contribution in [3.05, 3.63) is 34.1 Å². The molecule has 3 heteroatoms. The third-order valence-corrected chi connectivity index (χ3v) is 3.63. The standard InChI is InChI=1S/C16H25BrFN/c1-15(2,3)19-9-8-16(4,5)11-12-6-7-13(17)10-14(12)18/h6-7,10,19H,8-9,11H2,1-5H3. The third-order valence-electron chi connectivity index (χ3n) is 3.14. The summed E-state index contributed by atoms with van der Waals surface area (Å²) >= 11 is 3.29. The summed E-state index contributed by atoms with van der Waals surface area (Å²) in [5.41, 5.74) is 1.02. The summed E-state index contributed by atoms with van der Waals surface area (Å²) in [5, 5.41) is 3.49. The van der Waals surface area contributed by atoms with Crippen molar-refractivity contribution in [1.82, 2.24) is 5.32 Å². The lowest BCUT2D eigenvalue weighted by Gasteiger charge is -2.28. The quantitative estimate of drug-likeness (QED) is 0.807. The second-order valence-electron chi connectivity index (χ2n) is 7.00. The smallest absolute Gasteiger partial charge is 0.127 e. The van der Waals surface area contributed by atoms with E-state index in [2.05, 4.69) is 55.9 Å². The fourth-order valence-electron chi connectivity index (χ4n) is 2.04. The van der Waals surface area contributed by atoms with Gasteiger partial charge in [-0.1, -0.05) is 35.8 Å². The van der Waals surface area contributed by atoms with E-state index in [1.807, 2.05) is 12.1 Å². The fraction of sp³-hybridized carbons (Fsp3) is 0.625. The first-order valence-electron chi connectivity index (χ1n) is 6.78. The molecule has 0 saturated carbocycles. The highest BCUT2D eigenvalue weighted by Crippen LogP contribution is 2.28. The van der Waals surface area contributed by atoms with E-state index in [9.17, 15) is 4.39 Å². The van der Waals surface area contributed by atoms with E-state index in [1.165, 1.54) is 0 Å². The van der Waals surface area contributed by atoms with Gasteiger partial charge in [-0.05, 0) is 63.3 Å². The molecule has 0 spiro atoms. The molecule has 0 aromatic heterocycles. The lowest BCUT2D eigenvalue weighted by molar-refractivity contribution is 0.299. The molecule has 108 valence electrons. The molecule has 0 unspecified atom stereocenters. The average Bonchev–Trinajstić information content (AvgIpc) is 2.20. The predicted molar refractivity (Wildman–Crippen MR) is 84.0 cm³/mol. The van der Waals surface area contributed by atoms with Crippen LogP contribution in [0.3, 0.4) is 0 Å². The van der Waals surface area contributed by atoms with E-state index in [1.54, 1.807) is 6.07 Å². The lowest BCUT2D eigenvalue weighted by atomic mass is 9.82. The van der Waals surface area contributed by atoms with Gasteiger partial charge in [0.2, 0.25) is 0 Å². The first-order valence-corrected chi connectivity index (χ1v) is 7.57. The van der Waals surface area contributed by atoms with Crippen LogP contribution in [0.25, 0.3) is 0 Å². The van der Waals surface area contributed by atoms with Crippen molar-refractivity contribution in [2.45, 2.75) is 53.0 Å². The molecule has 0 atom stereocenters. The van der Waals surface area contributed by atoms with Gasteiger partial charge < -0.3 is 5.32 Å². The van der Waals surface area contributed by atoms with E-state index in [-0.39, 0.29) is 16.8 Å². The van der Waals surface area contributed by atoms with Gasteiger partial charge in [-0.25, -0.2) is 4.39 Å². The van der Waals surface area contributed by atoms with Gasteiger partial charge in [0.25, 0.3) is 0 Å². The Bertz CT molecular complexity index is 421. The Hall–Kier alpha value is -0.410. The fourth-order valence-corrected chi connectivity index (χ4v) is 2.38. The number of nitrogens with one attached hydrogen (secondary N) is 1. The molecule has 1 aromatic rings. The summed E-state index contributed by atoms with van der Waals surface area (Å²) < 4.78 is 14.6. The summed E-state index contributed by atoms with van der Waals surface area (Å²) in [6, 6.07) is 5.32. The molecular weight excluding hydrogens is 305 g/mol. The molecule has 0 aliphatic rings. The SMILES string of the molecule is CC(C)(CCNC(C)(C)C)Cc1ccc(Br)cc1F. The molecule has 1 N–H and O–H groups in total. The first-order chi connectivity index (χ1) is 8.59. The van der Waals surface area contributed by atoms with Crippen molar-refractivity contribution in [3.63, 3.8) is 0 Å². The van der Waals surface area contributed by atoms with Crippen LogP contribution in [0.2, 0.25) is 0 Å². The van der Waals surface area contributed by atoms with Crippen LogP contribution in [-0.2, 0) is 6.42 Å². The minimum atomic E-state index is -0.119. The Balaban J connectivity index is 2.58. The van der Waals surface area contributed by atoms with Crippen LogP contribution in [0, 0.1) is 11.2 Å². The van der Waals surface area contributed by atoms with Crippen molar-refractivity contribution < 1.29 is 4.39 Å². The number of rotatable bonds is 5. The highest BCUT2D eigenvalue weighted by Gasteiger charge is 2.21. The van der Waals surface area contributed by atoms with Gasteiger partial charge >= 0.3 is 0 Å². The maximum atomic E-state index is 13.8. The van der Waals surface area contributed by atoms with Gasteiger partial charge in [-0.3, -0.25) is 0 Å². The predicted octanol–water partition coefficient (Wildman–Crippen LogP) is 4.94. The molecule has 0 radical (unpaired) electrons. The highest BCUT2D eigenvalue weighted by molar-refractivity contribution is 9.10. The second-order valence-corrected chi connectivity index (χ2v) is 7.92. The number of benzene rings is 1. The zero-order valence-corrected chi connectivity index (χ0v) is 14.2. The van der Waals surface area contributed by atoms with E-state index in [0.717, 1.165) is 29.4 Å². The minimum Gasteiger partial charge on any atom is -0.312 e. The molecule has 0 bridgehead atoms. The Labute approximate surface area is 125 Å². The summed E-state index contributed by atoms with van der Waals surface area (Å²) in [4.78, 5) is 0. The Morgan fingerprint density at radius 2 is 1.79 bits per heavy atom. The molecule has 0 aliphatic carbocycles. The van der Waals surface area contributed by atoms with E-state index in [0.29, 0.717) is 0 Å². The lowest BCUT2D eigenvalue weighted by Crippen LogP contribution is -2.38. The Morgan fingerprint density at radius 3 is 2.32 bits per heavy atom. The van der Waals surface area contributed by atoms with Crippen molar-refractivity contribution in [3.8, 4) is 0 Å². The van der Waals surface area contributed by atoms with Gasteiger partial charge in [0, 0.05) is 10.0 Å². The molecule has 1 aromatic carbocycles. The van der Waals surface area contributed by atoms with Crippen molar-refractivity contribution in [2.75, 3.05) is 6.54 Å². The van der Waals surface area contributed by atoms with Gasteiger partial charge in [0.15, 0.2) is 0 Å². The van der Waals surface area contributed by atoms with Crippen LogP contribution >= 0.6 is 15.9 Å². The number of halogens is 2. The molecule has 0 amide bonds. The van der Waals surface area contributed by atoms with Crippen molar-refractivity contribution in [2.24, 2.45) is 5.41 Å². The summed E-state index contributed by atoms with van der Waals surface area (Å²) in [6.45, 7) is 11.8. The third kappa shape index (κ3) is 6.53. The van der Waals surface area contributed by atoms with Crippen LogP contribution in [-0.4, -0.2) is 12.1 Å². The van der Waals surface area contributed by atoms with E-state index < -0.39 is 0 Å². The molecule has 0 aliphatic heterocycles. The minimum absolute atomic E-state index is 0.0902. The summed E-state index contributed by atoms with van der Waals surface area (Å²) in [6.07, 6.45) is 1.79. The Morgan fingerprint density at radius 1 is 1.16 bits per heavy atom. The van der Waals surface area contributed by atoms with Crippen LogP contribution < -0.4 is 5.32 Å². The number of hydrogen-bond acceptors (Lipinski definition) is 1. The molecule has 1 nitrogen and oxygen atoms in total. The maximum absolute atomic E-state index is 13.8. The maximum Gasteiger partial charge on any atom is 0.127 e. The number of hydrogen-bond donors (Lipinski definition) is 1. The van der Waals surface area contributed by atoms with E-state index in [4.69, 9.17) is 0 Å². The first kappa shape index (κ1) is 16.6. The zero-order valence-electron chi connectivity index (χ0n) is 12.6. The topological polar surface area (TPSA) is 12.0 Å². The monoisotopic (exact) mass is 329 g/mol. The summed E-state index contributed by atoms with van der Waals surface area (Å²) in [7, 11) is 0. The zero-order chi connectivity index (χ0) is 14.7. The van der Waals surface area contributed by atoms with Gasteiger partial charge in [-0.15, -0.1) is 0 Å². The molecule has 0 fully saturated rings. The van der Waals surface area contributed by atoms with Crippen molar-refractivity contribution in [1.29, 1.82) is 0 Å². The van der Waals surface area contributed by atoms with Crippen molar-refractivity contribution >= 4 is 15.9 Å². The van der Waals surface area contributed by atoms with Crippen LogP contribution in [0.5, 0.6) is 0 Å². The molecule has 1 rings (SSSR count). The van der Waals surface area contributed by atoms with Gasteiger partial charge in [-0.2, -0.15) is 0 Å². The van der Waals surface area contributed by atoms with Gasteiger partial charge in [0.1, 0.15) is 5.82 Å². The highest BCUT2D eigenvalue weighted by atomic mass is 79.9. The van der Waals surface area contributed by atoms with Crippen LogP contribution in [0.4, 0.5) is 4.39 Å².